The van der Waals surface area contributed by atoms with Gasteiger partial charge in [0.15, 0.2) is 11.3 Å². The second kappa shape index (κ2) is 7.62. The van der Waals surface area contributed by atoms with Crippen LogP contribution in [0.25, 0.3) is 22.7 Å². The monoisotopic (exact) mass is 478 g/mol. The van der Waals surface area contributed by atoms with E-state index >= 15 is 0 Å². The molecule has 0 aromatic carbocycles. The Hall–Kier alpha value is -3.53. The van der Waals surface area contributed by atoms with Gasteiger partial charge in [0, 0.05) is 44.4 Å². The summed E-state index contributed by atoms with van der Waals surface area (Å²) in [6.07, 6.45) is 7.46. The molecule has 0 aliphatic rings. The van der Waals surface area contributed by atoms with E-state index in [1.165, 1.54) is 0 Å². The Morgan fingerprint density at radius 1 is 1.16 bits per heavy atom. The summed E-state index contributed by atoms with van der Waals surface area (Å²) in [7, 11) is 1.74. The van der Waals surface area contributed by atoms with Crippen molar-refractivity contribution in [1.82, 2.24) is 38.7 Å². The lowest BCUT2D eigenvalue weighted by atomic mass is 10.3. The van der Waals surface area contributed by atoms with Crippen molar-refractivity contribution in [3.63, 3.8) is 0 Å². The third-order valence-corrected chi connectivity index (χ3v) is 5.60. The predicted molar refractivity (Wildman–Crippen MR) is 119 cm³/mol. The van der Waals surface area contributed by atoms with Crippen molar-refractivity contribution in [2.24, 2.45) is 0 Å². The van der Waals surface area contributed by atoms with Crippen LogP contribution in [0.15, 0.2) is 59.6 Å². The zero-order valence-corrected chi connectivity index (χ0v) is 18.6. The van der Waals surface area contributed by atoms with E-state index in [0.29, 0.717) is 17.9 Å². The van der Waals surface area contributed by atoms with Crippen molar-refractivity contribution in [1.29, 1.82) is 0 Å². The van der Waals surface area contributed by atoms with Crippen molar-refractivity contribution in [3.8, 4) is 11.4 Å². The van der Waals surface area contributed by atoms with Crippen LogP contribution in [0.1, 0.15) is 23.1 Å². The molecule has 0 spiro atoms. The molecule has 0 N–H and O–H groups in total. The van der Waals surface area contributed by atoms with Crippen LogP contribution in [0, 0.1) is 0 Å². The number of carbonyl (C=O) groups is 1. The smallest absolute Gasteiger partial charge is 0.274 e. The minimum absolute atomic E-state index is 0.202. The Labute approximate surface area is 186 Å². The van der Waals surface area contributed by atoms with Gasteiger partial charge in [-0.25, -0.2) is 14.5 Å². The first-order valence-corrected chi connectivity index (χ1v) is 10.6. The Balaban J connectivity index is 1.45. The van der Waals surface area contributed by atoms with Gasteiger partial charge >= 0.3 is 0 Å². The van der Waals surface area contributed by atoms with E-state index in [1.54, 1.807) is 28.7 Å². The highest BCUT2D eigenvalue weighted by atomic mass is 79.9. The molecule has 0 atom stereocenters. The largest absolute Gasteiger partial charge is 0.334 e. The van der Waals surface area contributed by atoms with Gasteiger partial charge in [-0.3, -0.25) is 9.48 Å². The summed E-state index contributed by atoms with van der Waals surface area (Å²) in [5, 5.41) is 9.13. The number of fused-ring (bicyclic) bond motifs is 2. The van der Waals surface area contributed by atoms with E-state index in [4.69, 9.17) is 0 Å². The Morgan fingerprint density at radius 2 is 2.03 bits per heavy atom. The first-order chi connectivity index (χ1) is 15.0. The summed E-state index contributed by atoms with van der Waals surface area (Å²) in [6, 6.07) is 9.33. The van der Waals surface area contributed by atoms with Gasteiger partial charge < -0.3 is 9.30 Å². The lowest BCUT2D eigenvalue weighted by Crippen LogP contribution is -2.26. The first-order valence-electron chi connectivity index (χ1n) is 9.79. The number of nitrogens with zero attached hydrogens (tertiary/aromatic N) is 8. The van der Waals surface area contributed by atoms with Crippen LogP contribution in [0.5, 0.6) is 0 Å². The Kier molecular flexibility index (Phi) is 4.78. The molecule has 0 radical (unpaired) electrons. The minimum Gasteiger partial charge on any atom is -0.334 e. The van der Waals surface area contributed by atoms with Gasteiger partial charge in [-0.1, -0.05) is 6.07 Å². The van der Waals surface area contributed by atoms with Gasteiger partial charge in [-0.2, -0.15) is 10.2 Å². The highest BCUT2D eigenvalue weighted by Gasteiger charge is 2.20. The molecule has 0 fully saturated rings. The molecule has 31 heavy (non-hydrogen) atoms. The van der Waals surface area contributed by atoms with Crippen molar-refractivity contribution < 1.29 is 4.79 Å². The van der Waals surface area contributed by atoms with E-state index in [-0.39, 0.29) is 5.91 Å². The van der Waals surface area contributed by atoms with Crippen LogP contribution in [0.4, 0.5) is 0 Å². The van der Waals surface area contributed by atoms with Crippen LogP contribution in [0.2, 0.25) is 0 Å². The summed E-state index contributed by atoms with van der Waals surface area (Å²) in [6.45, 7) is 3.15. The number of hydrogen-bond acceptors (Lipinski definition) is 5. The summed E-state index contributed by atoms with van der Waals surface area (Å²) in [5.74, 6) is -0.202. The first kappa shape index (κ1) is 19.4. The average Bonchev–Trinajstić information content (AvgIpc) is 3.48. The summed E-state index contributed by atoms with van der Waals surface area (Å²) in [4.78, 5) is 23.6. The summed E-state index contributed by atoms with van der Waals surface area (Å²) in [5.41, 5.74) is 4.05. The summed E-state index contributed by atoms with van der Waals surface area (Å²) < 4.78 is 6.28. The molecule has 0 aliphatic carbocycles. The fourth-order valence-corrected chi connectivity index (χ4v) is 4.00. The predicted octanol–water partition coefficient (Wildman–Crippen LogP) is 3.30. The quantitative estimate of drug-likeness (QED) is 0.386. The van der Waals surface area contributed by atoms with Crippen LogP contribution < -0.4 is 0 Å². The van der Waals surface area contributed by atoms with Gasteiger partial charge in [0.1, 0.15) is 11.3 Å². The third-order valence-electron chi connectivity index (χ3n) is 5.02. The zero-order valence-electron chi connectivity index (χ0n) is 17.0. The molecule has 5 aromatic rings. The number of aryl methyl sites for hydroxylation is 1. The number of imidazole rings is 1. The molecule has 10 heteroatoms. The van der Waals surface area contributed by atoms with E-state index in [0.717, 1.165) is 33.7 Å². The molecule has 0 saturated heterocycles. The van der Waals surface area contributed by atoms with Crippen LogP contribution >= 0.6 is 15.9 Å². The minimum atomic E-state index is -0.202. The maximum atomic E-state index is 13.1. The average molecular weight is 479 g/mol. The van der Waals surface area contributed by atoms with Gasteiger partial charge in [-0.05, 0) is 41.1 Å². The van der Waals surface area contributed by atoms with E-state index in [9.17, 15) is 4.79 Å². The Bertz CT molecular complexity index is 1380. The normalized spacial score (nSPS) is 11.5. The van der Waals surface area contributed by atoms with E-state index in [2.05, 4.69) is 36.1 Å². The molecule has 156 valence electrons. The maximum absolute atomic E-state index is 13.1. The zero-order chi connectivity index (χ0) is 21.5. The number of aromatic nitrogens is 7. The highest BCUT2D eigenvalue weighted by Crippen LogP contribution is 2.27. The molecule has 9 nitrogen and oxygen atoms in total. The maximum Gasteiger partial charge on any atom is 0.274 e. The second-order valence-corrected chi connectivity index (χ2v) is 8.02. The van der Waals surface area contributed by atoms with E-state index < -0.39 is 0 Å². The van der Waals surface area contributed by atoms with Gasteiger partial charge in [-0.15, -0.1) is 0 Å². The van der Waals surface area contributed by atoms with Crippen LogP contribution in [-0.2, 0) is 13.1 Å². The number of rotatable bonds is 5. The molecule has 5 aromatic heterocycles. The van der Waals surface area contributed by atoms with Crippen molar-refractivity contribution in [2.75, 3.05) is 7.05 Å². The lowest BCUT2D eigenvalue weighted by molar-refractivity contribution is 0.0777. The molecule has 1 amide bonds. The van der Waals surface area contributed by atoms with Crippen LogP contribution in [0.3, 0.4) is 0 Å². The molecule has 0 unspecified atom stereocenters. The van der Waals surface area contributed by atoms with Gasteiger partial charge in [0.25, 0.3) is 5.91 Å². The number of carbonyl (C=O) groups excluding carboxylic acids is 1. The third kappa shape index (κ3) is 3.48. The number of halogens is 1. The molecule has 5 heterocycles. The topological polar surface area (TPSA) is 85.6 Å². The van der Waals surface area contributed by atoms with Crippen LogP contribution in [-0.4, -0.2) is 51.6 Å². The van der Waals surface area contributed by atoms with E-state index in [1.807, 2.05) is 58.9 Å². The lowest BCUT2D eigenvalue weighted by Gasteiger charge is -2.13. The number of hydrogen-bond donors (Lipinski definition) is 0. The Morgan fingerprint density at radius 3 is 2.81 bits per heavy atom. The fourth-order valence-electron chi connectivity index (χ4n) is 3.49. The number of amides is 1. The van der Waals surface area contributed by atoms with Gasteiger partial charge in [0.05, 0.1) is 22.4 Å². The highest BCUT2D eigenvalue weighted by molar-refractivity contribution is 9.10. The van der Waals surface area contributed by atoms with Crippen molar-refractivity contribution >= 4 is 33.1 Å². The molecular formula is C21H19BrN8O. The molecule has 0 aliphatic heterocycles. The molecule has 5 rings (SSSR count). The molecule has 0 saturated carbocycles. The van der Waals surface area contributed by atoms with Crippen molar-refractivity contribution in [3.05, 3.63) is 71.0 Å². The molecular weight excluding hydrogens is 460 g/mol. The summed E-state index contributed by atoms with van der Waals surface area (Å²) >= 11 is 3.56. The second-order valence-electron chi connectivity index (χ2n) is 7.17. The SMILES string of the molecule is CCn1cc(Br)c(-c2ccnc3cc(C(=O)N(C)Cc4cn5ccccc5n4)nn23)n1. The standard InChI is InChI=1S/C21H19BrN8O/c1-3-29-13-15(22)20(26-29)17-7-8-23-19-10-16(25-30(17)19)21(31)27(2)11-14-12-28-9-5-4-6-18(28)24-14/h4-10,12-13H,3,11H2,1-2H3. The van der Waals surface area contributed by atoms with Crippen molar-refractivity contribution in [2.45, 2.75) is 20.0 Å². The number of pyridine rings is 1. The fraction of sp³-hybridized carbons (Fsp3) is 0.190. The molecule has 0 bridgehead atoms. The van der Waals surface area contributed by atoms with Gasteiger partial charge in [0.2, 0.25) is 0 Å².